The Morgan fingerprint density at radius 1 is 1.45 bits per heavy atom. The maximum Gasteiger partial charge on any atom is 0.407 e. The van der Waals surface area contributed by atoms with Crippen molar-refractivity contribution in [2.24, 2.45) is 5.92 Å². The second kappa shape index (κ2) is 5.73. The number of nitrogen functional groups attached to an aromatic ring is 1. The smallest absolute Gasteiger partial charge is 0.407 e. The van der Waals surface area contributed by atoms with Crippen molar-refractivity contribution in [1.82, 2.24) is 5.32 Å². The monoisotopic (exact) mass is 276 g/mol. The molecule has 1 amide bonds. The van der Waals surface area contributed by atoms with Crippen LogP contribution in [0.15, 0.2) is 18.2 Å². The fourth-order valence-corrected chi connectivity index (χ4v) is 2.63. The van der Waals surface area contributed by atoms with Crippen molar-refractivity contribution in [2.45, 2.75) is 45.6 Å². The minimum absolute atomic E-state index is 0.337. The van der Waals surface area contributed by atoms with Crippen LogP contribution in [-0.4, -0.2) is 18.2 Å². The van der Waals surface area contributed by atoms with Crippen LogP contribution in [0.1, 0.15) is 38.3 Å². The Morgan fingerprint density at radius 2 is 2.20 bits per heavy atom. The molecule has 1 atom stereocenters. The van der Waals surface area contributed by atoms with Gasteiger partial charge in [0.2, 0.25) is 0 Å². The molecule has 110 valence electrons. The number of hydrogen-bond acceptors (Lipinski definition) is 3. The van der Waals surface area contributed by atoms with E-state index in [-0.39, 0.29) is 6.09 Å². The highest BCUT2D eigenvalue weighted by Gasteiger charge is 2.22. The first-order valence-corrected chi connectivity index (χ1v) is 7.18. The Kier molecular flexibility index (Phi) is 4.21. The van der Waals surface area contributed by atoms with Crippen molar-refractivity contribution in [1.29, 1.82) is 0 Å². The third kappa shape index (κ3) is 3.89. The van der Waals surface area contributed by atoms with E-state index in [1.54, 1.807) is 0 Å². The summed E-state index contributed by atoms with van der Waals surface area (Å²) in [6.45, 7) is 6.26. The first-order chi connectivity index (χ1) is 9.35. The van der Waals surface area contributed by atoms with Crippen molar-refractivity contribution in [2.75, 3.05) is 12.3 Å². The largest absolute Gasteiger partial charge is 0.444 e. The lowest BCUT2D eigenvalue weighted by molar-refractivity contribution is 0.0518. The first kappa shape index (κ1) is 14.7. The van der Waals surface area contributed by atoms with Gasteiger partial charge in [0.05, 0.1) is 0 Å². The fourth-order valence-electron chi connectivity index (χ4n) is 2.63. The summed E-state index contributed by atoms with van der Waals surface area (Å²) in [7, 11) is 0. The highest BCUT2D eigenvalue weighted by molar-refractivity contribution is 5.67. The number of benzene rings is 1. The average Bonchev–Trinajstić information content (AvgIpc) is 2.34. The number of carbonyl (C=O) groups excluding carboxylic acids is 1. The maximum absolute atomic E-state index is 11.6. The molecule has 20 heavy (non-hydrogen) atoms. The lowest BCUT2D eigenvalue weighted by atomic mass is 9.83. The summed E-state index contributed by atoms with van der Waals surface area (Å²) in [6, 6.07) is 6.08. The van der Waals surface area contributed by atoms with Gasteiger partial charge in [0, 0.05) is 12.2 Å². The highest BCUT2D eigenvalue weighted by Crippen LogP contribution is 2.29. The lowest BCUT2D eigenvalue weighted by Crippen LogP contribution is -2.36. The number of fused-ring (bicyclic) bond motifs is 1. The molecule has 0 saturated heterocycles. The second-order valence-corrected chi connectivity index (χ2v) is 6.48. The van der Waals surface area contributed by atoms with E-state index < -0.39 is 5.60 Å². The van der Waals surface area contributed by atoms with Gasteiger partial charge in [-0.2, -0.15) is 0 Å². The van der Waals surface area contributed by atoms with Gasteiger partial charge in [0.1, 0.15) is 5.60 Å². The van der Waals surface area contributed by atoms with Gasteiger partial charge in [-0.15, -0.1) is 0 Å². The van der Waals surface area contributed by atoms with Gasteiger partial charge in [-0.3, -0.25) is 0 Å². The number of rotatable bonds is 2. The number of nitrogens with two attached hydrogens (primary N) is 1. The Morgan fingerprint density at radius 3 is 2.90 bits per heavy atom. The summed E-state index contributed by atoms with van der Waals surface area (Å²) < 4.78 is 5.25. The molecule has 1 aromatic rings. The molecule has 0 heterocycles. The first-order valence-electron chi connectivity index (χ1n) is 7.18. The zero-order chi connectivity index (χ0) is 14.8. The third-order valence-corrected chi connectivity index (χ3v) is 3.55. The van der Waals surface area contributed by atoms with Crippen molar-refractivity contribution in [3.05, 3.63) is 29.3 Å². The summed E-state index contributed by atoms with van der Waals surface area (Å²) in [6.07, 6.45) is 2.67. The summed E-state index contributed by atoms with van der Waals surface area (Å²) in [5, 5.41) is 2.86. The zero-order valence-corrected chi connectivity index (χ0v) is 12.5. The molecule has 0 bridgehead atoms. The van der Waals surface area contributed by atoms with Crippen molar-refractivity contribution < 1.29 is 9.53 Å². The molecule has 0 spiro atoms. The number of ether oxygens (including phenoxy) is 1. The summed E-state index contributed by atoms with van der Waals surface area (Å²) in [5.41, 5.74) is 9.02. The molecule has 3 N–H and O–H groups in total. The van der Waals surface area contributed by atoms with Gasteiger partial charge >= 0.3 is 6.09 Å². The number of hydrogen-bond donors (Lipinski definition) is 2. The number of alkyl carbamates (subject to hydrolysis) is 1. The van der Waals surface area contributed by atoms with Crippen LogP contribution < -0.4 is 11.1 Å². The average molecular weight is 276 g/mol. The molecule has 0 fully saturated rings. The number of anilines is 1. The fraction of sp³-hybridized carbons (Fsp3) is 0.562. The molecule has 1 aromatic carbocycles. The van der Waals surface area contributed by atoms with Gasteiger partial charge in [-0.25, -0.2) is 4.79 Å². The molecular formula is C16H24N2O2. The number of nitrogens with one attached hydrogen (secondary N) is 1. The minimum atomic E-state index is -0.447. The zero-order valence-electron chi connectivity index (χ0n) is 12.5. The van der Waals surface area contributed by atoms with Crippen LogP contribution >= 0.6 is 0 Å². The molecule has 1 aliphatic rings. The van der Waals surface area contributed by atoms with Gasteiger partial charge in [-0.1, -0.05) is 12.1 Å². The van der Waals surface area contributed by atoms with Gasteiger partial charge in [0.25, 0.3) is 0 Å². The maximum atomic E-state index is 11.6. The molecule has 1 aliphatic carbocycles. The van der Waals surface area contributed by atoms with E-state index in [0.717, 1.165) is 24.9 Å². The Hall–Kier alpha value is -1.71. The standard InChI is InChI=1S/C16H24N2O2/c1-16(2,3)20-15(19)18-10-11-7-8-13-12(9-11)5-4-6-14(13)17/h4-6,11H,7-10,17H2,1-3H3,(H,18,19). The summed E-state index contributed by atoms with van der Waals surface area (Å²) >= 11 is 0. The topological polar surface area (TPSA) is 64.3 Å². The van der Waals surface area contributed by atoms with Crippen LogP contribution in [0.25, 0.3) is 0 Å². The van der Waals surface area contributed by atoms with Crippen LogP contribution in [-0.2, 0) is 17.6 Å². The molecule has 1 unspecified atom stereocenters. The molecule has 2 rings (SSSR count). The molecule has 4 nitrogen and oxygen atoms in total. The van der Waals surface area contributed by atoms with Gasteiger partial charge in [0.15, 0.2) is 0 Å². The van der Waals surface area contributed by atoms with Gasteiger partial charge < -0.3 is 15.8 Å². The van der Waals surface area contributed by atoms with Crippen LogP contribution in [0.2, 0.25) is 0 Å². The SMILES string of the molecule is CC(C)(C)OC(=O)NCC1CCc2c(N)cccc2C1. The third-order valence-electron chi connectivity index (χ3n) is 3.55. The van der Waals surface area contributed by atoms with Crippen LogP contribution in [0.3, 0.4) is 0 Å². The van der Waals surface area contributed by atoms with Crippen LogP contribution in [0.5, 0.6) is 0 Å². The van der Waals surface area contributed by atoms with E-state index in [9.17, 15) is 4.79 Å². The predicted octanol–water partition coefficient (Wildman–Crippen LogP) is 2.90. The lowest BCUT2D eigenvalue weighted by Gasteiger charge is -2.26. The summed E-state index contributed by atoms with van der Waals surface area (Å²) in [5.74, 6) is 0.455. The quantitative estimate of drug-likeness (QED) is 0.816. The predicted molar refractivity (Wildman–Crippen MR) is 80.6 cm³/mol. The molecule has 0 saturated carbocycles. The summed E-state index contributed by atoms with van der Waals surface area (Å²) in [4.78, 5) is 11.6. The Labute approximate surface area is 120 Å². The van der Waals surface area contributed by atoms with Crippen molar-refractivity contribution in [3.8, 4) is 0 Å². The van der Waals surface area contributed by atoms with Crippen molar-refractivity contribution >= 4 is 11.8 Å². The van der Waals surface area contributed by atoms with E-state index in [2.05, 4.69) is 11.4 Å². The van der Waals surface area contributed by atoms with E-state index in [4.69, 9.17) is 10.5 Å². The van der Waals surface area contributed by atoms with Gasteiger partial charge in [-0.05, 0) is 63.1 Å². The van der Waals surface area contributed by atoms with E-state index >= 15 is 0 Å². The number of carbonyl (C=O) groups is 1. The normalized spacial score (nSPS) is 18.2. The van der Waals surface area contributed by atoms with E-state index in [0.29, 0.717) is 12.5 Å². The molecular weight excluding hydrogens is 252 g/mol. The molecule has 0 aromatic heterocycles. The molecule has 0 aliphatic heterocycles. The number of amides is 1. The second-order valence-electron chi connectivity index (χ2n) is 6.48. The molecule has 4 heteroatoms. The Balaban J connectivity index is 1.86. The van der Waals surface area contributed by atoms with E-state index in [1.807, 2.05) is 32.9 Å². The van der Waals surface area contributed by atoms with Crippen molar-refractivity contribution in [3.63, 3.8) is 0 Å². The van der Waals surface area contributed by atoms with E-state index in [1.165, 1.54) is 11.1 Å². The molecule has 0 radical (unpaired) electrons. The highest BCUT2D eigenvalue weighted by atomic mass is 16.6. The Bertz CT molecular complexity index is 492. The van der Waals surface area contributed by atoms with Crippen LogP contribution in [0.4, 0.5) is 10.5 Å². The minimum Gasteiger partial charge on any atom is -0.444 e. The van der Waals surface area contributed by atoms with Crippen LogP contribution in [0, 0.1) is 5.92 Å².